The van der Waals surface area contributed by atoms with Gasteiger partial charge in [0.25, 0.3) is 5.91 Å². The van der Waals surface area contributed by atoms with E-state index in [1.54, 1.807) is 17.2 Å². The van der Waals surface area contributed by atoms with Crippen molar-refractivity contribution in [3.63, 3.8) is 0 Å². The van der Waals surface area contributed by atoms with Crippen molar-refractivity contribution in [2.75, 3.05) is 32.0 Å². The normalized spacial score (nSPS) is 20.9. The first-order chi connectivity index (χ1) is 18.4. The summed E-state index contributed by atoms with van der Waals surface area (Å²) in [6.07, 6.45) is 4.82. The summed E-state index contributed by atoms with van der Waals surface area (Å²) in [5.41, 5.74) is 0.417. The first kappa shape index (κ1) is 24.5. The highest BCUT2D eigenvalue weighted by Gasteiger charge is 2.42. The molecular weight excluding hydrogens is 516 g/mol. The average molecular weight is 540 g/mol. The lowest BCUT2D eigenvalue weighted by Gasteiger charge is -2.46. The van der Waals surface area contributed by atoms with Crippen LogP contribution in [0.25, 0.3) is 0 Å². The number of hydrogen-bond acceptors (Lipinski definition) is 7. The molecule has 0 saturated carbocycles. The van der Waals surface area contributed by atoms with Crippen LogP contribution in [-0.2, 0) is 10.5 Å². The summed E-state index contributed by atoms with van der Waals surface area (Å²) in [6.45, 7) is 0.165. The van der Waals surface area contributed by atoms with Gasteiger partial charge in [-0.05, 0) is 17.7 Å². The lowest BCUT2D eigenvalue weighted by atomic mass is 9.92. The number of methoxy groups -OCH3 is 1. The lowest BCUT2D eigenvalue weighted by molar-refractivity contribution is 0.0517. The van der Waals surface area contributed by atoms with Crippen molar-refractivity contribution in [1.82, 2.24) is 9.58 Å². The fourth-order valence-corrected chi connectivity index (χ4v) is 6.37. The highest BCUT2D eigenvalue weighted by molar-refractivity contribution is 7.98. The molecule has 1 amide bonds. The molecule has 3 aromatic rings. The second-order valence-electron chi connectivity index (χ2n) is 9.13. The Labute approximate surface area is 220 Å². The Balaban J connectivity index is 1.70. The third-order valence-electron chi connectivity index (χ3n) is 7.00. The summed E-state index contributed by atoms with van der Waals surface area (Å²) in [6, 6.07) is 8.38. The van der Waals surface area contributed by atoms with Crippen molar-refractivity contribution in [1.29, 1.82) is 0 Å². The van der Waals surface area contributed by atoms with Gasteiger partial charge in [-0.15, -0.1) is 11.8 Å². The Kier molecular flexibility index (Phi) is 6.11. The summed E-state index contributed by atoms with van der Waals surface area (Å²) in [7, 11) is 1.50. The largest absolute Gasteiger partial charge is 0.502 e. The Hall–Kier alpha value is -3.83. The maximum absolute atomic E-state index is 15.4. The van der Waals surface area contributed by atoms with E-state index in [4.69, 9.17) is 9.47 Å². The minimum absolute atomic E-state index is 0.00590. The molecule has 2 aromatic carbocycles. The van der Waals surface area contributed by atoms with Crippen LogP contribution in [0.4, 0.5) is 8.78 Å². The fraction of sp³-hybridized carbons (Fsp3) is 0.259. The monoisotopic (exact) mass is 539 g/mol. The topological polar surface area (TPSA) is 84.2 Å². The number of pyridine rings is 1. The third kappa shape index (κ3) is 3.76. The summed E-state index contributed by atoms with van der Waals surface area (Å²) < 4.78 is 43.1. The molecule has 2 atom stereocenters. The quantitative estimate of drug-likeness (QED) is 0.499. The van der Waals surface area contributed by atoms with Crippen LogP contribution in [0.3, 0.4) is 0 Å². The van der Waals surface area contributed by atoms with Gasteiger partial charge in [0.2, 0.25) is 5.43 Å². The van der Waals surface area contributed by atoms with Crippen LogP contribution < -0.4 is 15.2 Å². The molecule has 3 aliphatic heterocycles. The predicted octanol–water partition coefficient (Wildman–Crippen LogP) is 3.54. The van der Waals surface area contributed by atoms with Crippen LogP contribution >= 0.6 is 11.8 Å². The van der Waals surface area contributed by atoms with Crippen LogP contribution in [0, 0.1) is 11.6 Å². The van der Waals surface area contributed by atoms with Crippen molar-refractivity contribution in [2.45, 2.75) is 22.7 Å². The highest BCUT2D eigenvalue weighted by Crippen LogP contribution is 2.47. The average Bonchev–Trinajstić information content (AvgIpc) is 3.09. The van der Waals surface area contributed by atoms with Crippen LogP contribution in [0.15, 0.2) is 64.4 Å². The molecule has 196 valence electrons. The van der Waals surface area contributed by atoms with E-state index >= 15 is 4.39 Å². The van der Waals surface area contributed by atoms with E-state index in [0.717, 1.165) is 16.5 Å². The van der Waals surface area contributed by atoms with E-state index in [1.807, 2.05) is 24.3 Å². The van der Waals surface area contributed by atoms with E-state index in [1.165, 1.54) is 40.7 Å². The van der Waals surface area contributed by atoms with Crippen molar-refractivity contribution < 1.29 is 28.2 Å². The molecule has 0 fully saturated rings. The molecule has 38 heavy (non-hydrogen) atoms. The van der Waals surface area contributed by atoms with Gasteiger partial charge in [-0.3, -0.25) is 19.3 Å². The van der Waals surface area contributed by atoms with Gasteiger partial charge in [-0.25, -0.2) is 8.78 Å². The number of rotatable bonds is 2. The lowest BCUT2D eigenvalue weighted by Crippen LogP contribution is -2.58. The van der Waals surface area contributed by atoms with Gasteiger partial charge in [0.1, 0.15) is 25.1 Å². The first-order valence-electron chi connectivity index (χ1n) is 11.9. The molecule has 6 rings (SSSR count). The number of halogens is 2. The number of fused-ring (bicyclic) bond motifs is 7. The summed E-state index contributed by atoms with van der Waals surface area (Å²) in [4.78, 5) is 28.5. The number of amides is 1. The third-order valence-corrected chi connectivity index (χ3v) is 8.12. The number of aromatic nitrogens is 1. The van der Waals surface area contributed by atoms with Gasteiger partial charge in [0.05, 0.1) is 12.6 Å². The number of nitrogens with zero attached hydrogens (tertiary/aromatic N) is 3. The van der Waals surface area contributed by atoms with E-state index in [0.29, 0.717) is 5.56 Å². The smallest absolute Gasteiger partial charge is 0.278 e. The van der Waals surface area contributed by atoms with Gasteiger partial charge in [0.15, 0.2) is 23.1 Å². The summed E-state index contributed by atoms with van der Waals surface area (Å²) in [5.74, 6) is -2.91. The zero-order chi connectivity index (χ0) is 26.6. The highest BCUT2D eigenvalue weighted by atomic mass is 32.2. The molecule has 0 spiro atoms. The zero-order valence-corrected chi connectivity index (χ0v) is 21.1. The van der Waals surface area contributed by atoms with E-state index in [9.17, 15) is 19.1 Å². The van der Waals surface area contributed by atoms with Gasteiger partial charge in [-0.1, -0.05) is 24.3 Å². The molecule has 2 bridgehead atoms. The molecule has 8 nitrogen and oxygen atoms in total. The van der Waals surface area contributed by atoms with Crippen molar-refractivity contribution in [3.05, 3.63) is 99.0 Å². The Morgan fingerprint density at radius 2 is 2.03 bits per heavy atom. The SMILES string of the molecule is COC[C@@H]1/C=C/COc2cc(F)c(F)c3c2[C@H](c2ccccc2SC3)N2CN1C(=O)c1c(O)c(=O)ccn12. The molecule has 0 unspecified atom stereocenters. The summed E-state index contributed by atoms with van der Waals surface area (Å²) >= 11 is 1.37. The van der Waals surface area contributed by atoms with Gasteiger partial charge in [0, 0.05) is 47.2 Å². The molecule has 4 heterocycles. The minimum atomic E-state index is -1.02. The number of aromatic hydroxyl groups is 1. The zero-order valence-electron chi connectivity index (χ0n) is 20.3. The molecule has 3 aliphatic rings. The standard InChI is InChI=1S/C27H23F2N3O5S/c1-36-12-15-5-4-10-37-20-11-18(28)23(29)17-13-38-21-7-3-2-6-16(21)24(22(17)20)32-14-30(15)27(35)25-26(34)19(33)8-9-31(25)32/h2-9,11,15,24,34H,10,12-14H2,1H3/b5-4+/t15-,24-/m0/s1. The van der Waals surface area contributed by atoms with Crippen molar-refractivity contribution in [3.8, 4) is 11.5 Å². The number of thioether (sulfide) groups is 1. The number of carbonyl (C=O) groups excluding carboxylic acids is 1. The van der Waals surface area contributed by atoms with Gasteiger partial charge >= 0.3 is 0 Å². The predicted molar refractivity (Wildman–Crippen MR) is 136 cm³/mol. The van der Waals surface area contributed by atoms with Gasteiger partial charge < -0.3 is 19.5 Å². The number of hydrogen-bond donors (Lipinski definition) is 1. The first-order valence-corrected chi connectivity index (χ1v) is 12.9. The maximum atomic E-state index is 15.4. The van der Waals surface area contributed by atoms with E-state index in [-0.39, 0.29) is 42.6 Å². The number of benzene rings is 2. The van der Waals surface area contributed by atoms with E-state index < -0.39 is 40.8 Å². The second-order valence-corrected chi connectivity index (χ2v) is 10.1. The molecule has 1 N–H and O–H groups in total. The molecule has 11 heteroatoms. The molecular formula is C27H23F2N3O5S. The fourth-order valence-electron chi connectivity index (χ4n) is 5.27. The van der Waals surface area contributed by atoms with Crippen LogP contribution in [-0.4, -0.2) is 53.6 Å². The second kappa shape index (κ2) is 9.48. The molecule has 0 saturated heterocycles. The Morgan fingerprint density at radius 3 is 2.84 bits per heavy atom. The molecule has 0 aliphatic carbocycles. The van der Waals surface area contributed by atoms with Crippen LogP contribution in [0.2, 0.25) is 0 Å². The number of carbonyl (C=O) groups is 1. The Morgan fingerprint density at radius 1 is 1.21 bits per heavy atom. The Bertz CT molecular complexity index is 1540. The van der Waals surface area contributed by atoms with Crippen LogP contribution in [0.5, 0.6) is 11.5 Å². The minimum Gasteiger partial charge on any atom is -0.502 e. The van der Waals surface area contributed by atoms with Crippen molar-refractivity contribution in [2.24, 2.45) is 0 Å². The van der Waals surface area contributed by atoms with Gasteiger partial charge in [-0.2, -0.15) is 0 Å². The van der Waals surface area contributed by atoms with E-state index in [2.05, 4.69) is 0 Å². The molecule has 0 radical (unpaired) electrons. The summed E-state index contributed by atoms with van der Waals surface area (Å²) in [5, 5.41) is 12.5. The maximum Gasteiger partial charge on any atom is 0.278 e. The number of ether oxygens (including phenoxy) is 2. The van der Waals surface area contributed by atoms with Crippen LogP contribution in [0.1, 0.15) is 33.2 Å². The van der Waals surface area contributed by atoms with Crippen molar-refractivity contribution >= 4 is 17.7 Å². The molecule has 1 aromatic heterocycles.